The first-order valence-corrected chi connectivity index (χ1v) is 8.73. The first-order valence-electron chi connectivity index (χ1n) is 8.73. The molecule has 2 aromatic heterocycles. The fraction of sp³-hybridized carbons (Fsp3) is 0.529. The standard InChI is InChI=1S/C17H26N6O3/c1-4-5-7-22(13(24)10-21-8-6-19-11-21)14-15(18)23(9-12(2)3)17(26)20-16(14)25/h6,8,11-12H,4-5,7,9-10,18H2,1-3H3,(H,20,25,26). The zero-order valence-electron chi connectivity index (χ0n) is 15.4. The predicted molar refractivity (Wildman–Crippen MR) is 100 cm³/mol. The van der Waals surface area contributed by atoms with Crippen molar-refractivity contribution in [3.63, 3.8) is 0 Å². The average molecular weight is 362 g/mol. The molecule has 0 saturated heterocycles. The third-order valence-corrected chi connectivity index (χ3v) is 3.95. The second-order valence-electron chi connectivity index (χ2n) is 6.63. The van der Waals surface area contributed by atoms with Crippen LogP contribution in [-0.4, -0.2) is 31.6 Å². The minimum absolute atomic E-state index is 0.0162. The zero-order valence-corrected chi connectivity index (χ0v) is 15.4. The Morgan fingerprint density at radius 2 is 2.12 bits per heavy atom. The third kappa shape index (κ3) is 4.41. The lowest BCUT2D eigenvalue weighted by atomic mass is 10.2. The molecule has 3 N–H and O–H groups in total. The summed E-state index contributed by atoms with van der Waals surface area (Å²) in [6.45, 7) is 6.60. The van der Waals surface area contributed by atoms with Gasteiger partial charge in [0.25, 0.3) is 5.56 Å². The van der Waals surface area contributed by atoms with E-state index >= 15 is 0 Å². The summed E-state index contributed by atoms with van der Waals surface area (Å²) in [4.78, 5) is 45.0. The zero-order chi connectivity index (χ0) is 19.3. The highest BCUT2D eigenvalue weighted by Crippen LogP contribution is 2.19. The number of amides is 1. The quantitative estimate of drug-likeness (QED) is 0.720. The first kappa shape index (κ1) is 19.5. The fourth-order valence-electron chi connectivity index (χ4n) is 2.68. The van der Waals surface area contributed by atoms with Gasteiger partial charge < -0.3 is 15.2 Å². The molecule has 1 amide bonds. The summed E-state index contributed by atoms with van der Waals surface area (Å²) < 4.78 is 2.93. The van der Waals surface area contributed by atoms with E-state index in [1.807, 2.05) is 20.8 Å². The Morgan fingerprint density at radius 1 is 1.38 bits per heavy atom. The Bertz CT molecular complexity index is 850. The number of unbranched alkanes of at least 4 members (excludes halogenated alkanes) is 1. The molecule has 0 aliphatic carbocycles. The minimum Gasteiger partial charge on any atom is -0.383 e. The molecule has 0 bridgehead atoms. The molecule has 0 unspecified atom stereocenters. The van der Waals surface area contributed by atoms with Crippen molar-refractivity contribution in [3.05, 3.63) is 39.6 Å². The molecule has 0 aliphatic heterocycles. The maximum atomic E-state index is 12.8. The lowest BCUT2D eigenvalue weighted by Gasteiger charge is -2.25. The number of H-pyrrole nitrogens is 1. The summed E-state index contributed by atoms with van der Waals surface area (Å²) in [7, 11) is 0. The molecule has 0 fully saturated rings. The Morgan fingerprint density at radius 3 is 2.69 bits per heavy atom. The van der Waals surface area contributed by atoms with Crippen molar-refractivity contribution < 1.29 is 4.79 Å². The number of anilines is 2. The van der Waals surface area contributed by atoms with E-state index in [-0.39, 0.29) is 29.9 Å². The van der Waals surface area contributed by atoms with Crippen LogP contribution in [-0.2, 0) is 17.9 Å². The highest BCUT2D eigenvalue weighted by atomic mass is 16.2. The van der Waals surface area contributed by atoms with Gasteiger partial charge in [-0.2, -0.15) is 0 Å². The van der Waals surface area contributed by atoms with Crippen LogP contribution in [0.4, 0.5) is 11.5 Å². The number of imidazole rings is 1. The molecule has 0 aromatic carbocycles. The molecule has 0 atom stereocenters. The molecule has 2 heterocycles. The topological polar surface area (TPSA) is 119 Å². The van der Waals surface area contributed by atoms with Crippen LogP contribution in [0.15, 0.2) is 28.3 Å². The molecule has 0 aliphatic rings. The van der Waals surface area contributed by atoms with Crippen molar-refractivity contribution in [2.45, 2.75) is 46.7 Å². The van der Waals surface area contributed by atoms with Crippen molar-refractivity contribution in [2.24, 2.45) is 5.92 Å². The Balaban J connectivity index is 2.48. The van der Waals surface area contributed by atoms with Crippen LogP contribution in [0.1, 0.15) is 33.6 Å². The predicted octanol–water partition coefficient (Wildman–Crippen LogP) is 0.805. The number of hydrogen-bond acceptors (Lipinski definition) is 5. The number of nitrogens with two attached hydrogens (primary N) is 1. The summed E-state index contributed by atoms with van der Waals surface area (Å²) in [5.41, 5.74) is 4.96. The number of aromatic nitrogens is 4. The Hall–Kier alpha value is -2.84. The Kier molecular flexibility index (Phi) is 6.37. The lowest BCUT2D eigenvalue weighted by molar-refractivity contribution is -0.119. The smallest absolute Gasteiger partial charge is 0.330 e. The summed E-state index contributed by atoms with van der Waals surface area (Å²) in [6, 6.07) is 0. The van der Waals surface area contributed by atoms with Crippen LogP contribution in [0.25, 0.3) is 0 Å². The molecule has 9 heteroatoms. The molecule has 26 heavy (non-hydrogen) atoms. The van der Waals surface area contributed by atoms with E-state index in [1.54, 1.807) is 17.0 Å². The van der Waals surface area contributed by atoms with Gasteiger partial charge in [0.05, 0.1) is 6.33 Å². The first-order chi connectivity index (χ1) is 12.3. The van der Waals surface area contributed by atoms with Crippen molar-refractivity contribution >= 4 is 17.4 Å². The highest BCUT2D eigenvalue weighted by Gasteiger charge is 2.24. The highest BCUT2D eigenvalue weighted by molar-refractivity contribution is 5.95. The van der Waals surface area contributed by atoms with Gasteiger partial charge in [0.2, 0.25) is 5.91 Å². The molecule has 142 valence electrons. The van der Waals surface area contributed by atoms with Crippen molar-refractivity contribution in [1.29, 1.82) is 0 Å². The second-order valence-corrected chi connectivity index (χ2v) is 6.63. The van der Waals surface area contributed by atoms with Crippen LogP contribution >= 0.6 is 0 Å². The van der Waals surface area contributed by atoms with E-state index in [4.69, 9.17) is 5.73 Å². The molecular weight excluding hydrogens is 336 g/mol. The van der Waals surface area contributed by atoms with Gasteiger partial charge in [-0.15, -0.1) is 0 Å². The molecule has 0 spiro atoms. The molecule has 9 nitrogen and oxygen atoms in total. The monoisotopic (exact) mass is 362 g/mol. The fourth-order valence-corrected chi connectivity index (χ4v) is 2.68. The number of carbonyl (C=O) groups excluding carboxylic acids is 1. The molecule has 2 aromatic rings. The van der Waals surface area contributed by atoms with E-state index in [0.717, 1.165) is 6.42 Å². The number of carbonyl (C=O) groups is 1. The van der Waals surface area contributed by atoms with Gasteiger partial charge in [-0.3, -0.25) is 19.1 Å². The molecule has 0 radical (unpaired) electrons. The van der Waals surface area contributed by atoms with Gasteiger partial charge in [0, 0.05) is 25.5 Å². The summed E-state index contributed by atoms with van der Waals surface area (Å²) in [5, 5.41) is 0. The number of aromatic amines is 1. The second kappa shape index (κ2) is 8.50. The van der Waals surface area contributed by atoms with Crippen LogP contribution in [0.5, 0.6) is 0 Å². The maximum Gasteiger partial charge on any atom is 0.330 e. The van der Waals surface area contributed by atoms with Gasteiger partial charge in [0.15, 0.2) is 5.69 Å². The van der Waals surface area contributed by atoms with Crippen molar-refractivity contribution in [1.82, 2.24) is 19.1 Å². The van der Waals surface area contributed by atoms with Gasteiger partial charge >= 0.3 is 5.69 Å². The molecular formula is C17H26N6O3. The maximum absolute atomic E-state index is 12.8. The number of nitrogens with zero attached hydrogens (tertiary/aromatic N) is 4. The van der Waals surface area contributed by atoms with Gasteiger partial charge in [-0.25, -0.2) is 9.78 Å². The summed E-state index contributed by atoms with van der Waals surface area (Å²) in [5.74, 6) is -0.120. The van der Waals surface area contributed by atoms with Gasteiger partial charge in [0.1, 0.15) is 12.4 Å². The largest absolute Gasteiger partial charge is 0.383 e. The number of hydrogen-bond donors (Lipinski definition) is 2. The van der Waals surface area contributed by atoms with E-state index in [9.17, 15) is 14.4 Å². The molecule has 0 saturated carbocycles. The van der Waals surface area contributed by atoms with E-state index in [2.05, 4.69) is 9.97 Å². The summed E-state index contributed by atoms with van der Waals surface area (Å²) >= 11 is 0. The third-order valence-electron chi connectivity index (χ3n) is 3.95. The number of nitrogen functional groups attached to an aromatic ring is 1. The normalized spacial score (nSPS) is 11.1. The van der Waals surface area contributed by atoms with E-state index in [0.29, 0.717) is 19.5 Å². The van der Waals surface area contributed by atoms with Crippen molar-refractivity contribution in [3.8, 4) is 0 Å². The molecule has 2 rings (SSSR count). The Labute approximate surface area is 151 Å². The van der Waals surface area contributed by atoms with Crippen LogP contribution in [0.2, 0.25) is 0 Å². The summed E-state index contributed by atoms with van der Waals surface area (Å²) in [6.07, 6.45) is 6.33. The van der Waals surface area contributed by atoms with Crippen LogP contribution in [0.3, 0.4) is 0 Å². The number of rotatable bonds is 8. The van der Waals surface area contributed by atoms with Crippen molar-refractivity contribution in [2.75, 3.05) is 17.2 Å². The van der Waals surface area contributed by atoms with Crippen LogP contribution < -0.4 is 21.9 Å². The minimum atomic E-state index is -0.650. The SMILES string of the molecule is CCCCN(C(=O)Cn1ccnc1)c1c(N)n(CC(C)C)c(=O)[nH]c1=O. The lowest BCUT2D eigenvalue weighted by Crippen LogP contribution is -2.43. The average Bonchev–Trinajstić information content (AvgIpc) is 3.07. The van der Waals surface area contributed by atoms with E-state index in [1.165, 1.54) is 15.8 Å². The van der Waals surface area contributed by atoms with E-state index < -0.39 is 11.2 Å². The van der Waals surface area contributed by atoms with Gasteiger partial charge in [-0.05, 0) is 12.3 Å². The van der Waals surface area contributed by atoms with Crippen LogP contribution in [0, 0.1) is 5.92 Å². The number of nitrogens with one attached hydrogen (secondary N) is 1. The van der Waals surface area contributed by atoms with Gasteiger partial charge in [-0.1, -0.05) is 27.2 Å².